The zero-order valence-corrected chi connectivity index (χ0v) is 12.8. The van der Waals surface area contributed by atoms with Crippen LogP contribution in [0.5, 0.6) is 0 Å². The van der Waals surface area contributed by atoms with Crippen LogP contribution in [0.15, 0.2) is 11.2 Å². The highest BCUT2D eigenvalue weighted by Crippen LogP contribution is 2.20. The van der Waals surface area contributed by atoms with Gasteiger partial charge in [-0.15, -0.1) is 0 Å². The number of aromatic nitrogens is 2. The Morgan fingerprint density at radius 3 is 2.84 bits per heavy atom. The highest BCUT2D eigenvalue weighted by molar-refractivity contribution is 7.98. The second-order valence-corrected chi connectivity index (χ2v) is 5.21. The van der Waals surface area contributed by atoms with E-state index in [0.29, 0.717) is 6.54 Å². The van der Waals surface area contributed by atoms with E-state index in [4.69, 9.17) is 5.26 Å². The van der Waals surface area contributed by atoms with Gasteiger partial charge in [0.1, 0.15) is 11.6 Å². The minimum absolute atomic E-state index is 0.0234. The highest BCUT2D eigenvalue weighted by Gasteiger charge is 2.10. The Morgan fingerprint density at radius 1 is 1.53 bits per heavy atom. The van der Waals surface area contributed by atoms with Crippen LogP contribution >= 0.6 is 11.8 Å². The molecule has 19 heavy (non-hydrogen) atoms. The van der Waals surface area contributed by atoms with E-state index >= 15 is 0 Å². The molecule has 0 saturated heterocycles. The van der Waals surface area contributed by atoms with Gasteiger partial charge in [0.15, 0.2) is 5.16 Å². The number of nitrogens with zero attached hydrogens (tertiary/aromatic N) is 4. The zero-order chi connectivity index (χ0) is 14.3. The minimum atomic E-state index is -0.0234. The first-order valence-electron chi connectivity index (χ1n) is 6.38. The van der Waals surface area contributed by atoms with Crippen LogP contribution in [-0.4, -0.2) is 36.4 Å². The summed E-state index contributed by atoms with van der Waals surface area (Å²) in [5.41, 5.74) is 0. The fourth-order valence-electron chi connectivity index (χ4n) is 1.59. The van der Waals surface area contributed by atoms with Crippen molar-refractivity contribution in [1.29, 1.82) is 5.26 Å². The van der Waals surface area contributed by atoms with Crippen LogP contribution in [0.3, 0.4) is 0 Å². The van der Waals surface area contributed by atoms with Gasteiger partial charge in [0, 0.05) is 26.2 Å². The molecular weight excluding hydrogens is 258 g/mol. The molecule has 0 aliphatic heterocycles. The summed E-state index contributed by atoms with van der Waals surface area (Å²) in [6.07, 6.45) is 3.01. The minimum Gasteiger partial charge on any atom is -0.370 e. The van der Waals surface area contributed by atoms with Crippen LogP contribution in [0.2, 0.25) is 0 Å². The molecule has 1 aromatic rings. The molecule has 5 nitrogen and oxygen atoms in total. The summed E-state index contributed by atoms with van der Waals surface area (Å²) >= 11 is 1.52. The van der Waals surface area contributed by atoms with Gasteiger partial charge in [-0.3, -0.25) is 0 Å². The fraction of sp³-hybridized carbons (Fsp3) is 0.615. The van der Waals surface area contributed by atoms with Crippen molar-refractivity contribution in [2.75, 3.05) is 36.6 Å². The van der Waals surface area contributed by atoms with Gasteiger partial charge < -0.3 is 10.2 Å². The van der Waals surface area contributed by atoms with Crippen LogP contribution in [0, 0.1) is 17.2 Å². The molecule has 0 aliphatic rings. The second-order valence-electron chi connectivity index (χ2n) is 4.44. The van der Waals surface area contributed by atoms with Crippen molar-refractivity contribution in [2.45, 2.75) is 25.4 Å². The highest BCUT2D eigenvalue weighted by atomic mass is 32.2. The van der Waals surface area contributed by atoms with Gasteiger partial charge >= 0.3 is 0 Å². The van der Waals surface area contributed by atoms with E-state index < -0.39 is 0 Å². The van der Waals surface area contributed by atoms with E-state index in [1.54, 1.807) is 0 Å². The van der Waals surface area contributed by atoms with Crippen molar-refractivity contribution >= 4 is 23.4 Å². The number of rotatable bonds is 7. The Kier molecular flexibility index (Phi) is 6.43. The first kappa shape index (κ1) is 15.6. The van der Waals surface area contributed by atoms with E-state index in [1.807, 2.05) is 31.2 Å². The molecule has 0 spiro atoms. The molecule has 0 radical (unpaired) electrons. The van der Waals surface area contributed by atoms with Gasteiger partial charge in [-0.1, -0.05) is 18.7 Å². The molecule has 1 atom stereocenters. The van der Waals surface area contributed by atoms with Crippen LogP contribution in [0.25, 0.3) is 0 Å². The molecule has 1 unspecified atom stereocenters. The lowest BCUT2D eigenvalue weighted by molar-refractivity contribution is 0.705. The predicted molar refractivity (Wildman–Crippen MR) is 80.6 cm³/mol. The second kappa shape index (κ2) is 7.85. The number of hydrogen-bond donors (Lipinski definition) is 1. The van der Waals surface area contributed by atoms with Gasteiger partial charge in [0.2, 0.25) is 0 Å². The van der Waals surface area contributed by atoms with E-state index in [-0.39, 0.29) is 5.92 Å². The van der Waals surface area contributed by atoms with E-state index in [2.05, 4.69) is 28.3 Å². The average Bonchev–Trinajstić information content (AvgIpc) is 2.44. The Morgan fingerprint density at radius 2 is 2.26 bits per heavy atom. The Hall–Kier alpha value is -1.48. The number of anilines is 2. The van der Waals surface area contributed by atoms with E-state index in [1.165, 1.54) is 11.8 Å². The Balaban J connectivity index is 2.89. The third kappa shape index (κ3) is 4.95. The maximum absolute atomic E-state index is 8.88. The number of nitriles is 1. The molecule has 0 fully saturated rings. The summed E-state index contributed by atoms with van der Waals surface area (Å²) in [4.78, 5) is 10.9. The van der Waals surface area contributed by atoms with E-state index in [0.717, 1.165) is 29.8 Å². The van der Waals surface area contributed by atoms with Gasteiger partial charge in [0.05, 0.1) is 12.0 Å². The lowest BCUT2D eigenvalue weighted by Gasteiger charge is -2.20. The fourth-order valence-corrected chi connectivity index (χ4v) is 1.96. The summed E-state index contributed by atoms with van der Waals surface area (Å²) in [6, 6.07) is 4.17. The van der Waals surface area contributed by atoms with Crippen molar-refractivity contribution in [3.63, 3.8) is 0 Å². The maximum atomic E-state index is 8.88. The maximum Gasteiger partial charge on any atom is 0.191 e. The van der Waals surface area contributed by atoms with Crippen LogP contribution in [0.4, 0.5) is 11.6 Å². The van der Waals surface area contributed by atoms with Crippen molar-refractivity contribution in [1.82, 2.24) is 9.97 Å². The molecule has 104 valence electrons. The predicted octanol–water partition coefficient (Wildman–Crippen LogP) is 2.62. The molecule has 0 aromatic carbocycles. The first-order valence-corrected chi connectivity index (χ1v) is 7.60. The van der Waals surface area contributed by atoms with Crippen LogP contribution in [-0.2, 0) is 0 Å². The molecular formula is C13H21N5S. The molecule has 1 N–H and O–H groups in total. The zero-order valence-electron chi connectivity index (χ0n) is 12.0. The summed E-state index contributed by atoms with van der Waals surface area (Å²) in [5.74, 6) is 1.66. The lowest BCUT2D eigenvalue weighted by atomic mass is 10.2. The third-order valence-electron chi connectivity index (χ3n) is 2.59. The normalized spacial score (nSPS) is 11.7. The molecule has 1 aromatic heterocycles. The van der Waals surface area contributed by atoms with Gasteiger partial charge in [-0.25, -0.2) is 9.97 Å². The summed E-state index contributed by atoms with van der Waals surface area (Å²) < 4.78 is 0. The monoisotopic (exact) mass is 279 g/mol. The average molecular weight is 279 g/mol. The SMILES string of the molecule is CCCNc1cc(N(C)CC(C)C#N)nc(SC)n1. The summed E-state index contributed by atoms with van der Waals surface area (Å²) in [6.45, 7) is 5.58. The molecule has 0 amide bonds. The third-order valence-corrected chi connectivity index (χ3v) is 3.14. The molecule has 0 bridgehead atoms. The van der Waals surface area contributed by atoms with Crippen molar-refractivity contribution < 1.29 is 0 Å². The summed E-state index contributed by atoms with van der Waals surface area (Å²) in [7, 11) is 1.95. The first-order chi connectivity index (χ1) is 9.10. The Bertz CT molecular complexity index is 443. The molecule has 1 heterocycles. The quantitative estimate of drug-likeness (QED) is 0.611. The van der Waals surface area contributed by atoms with Crippen LogP contribution < -0.4 is 10.2 Å². The molecule has 6 heteroatoms. The number of thioether (sulfide) groups is 1. The topological polar surface area (TPSA) is 64.8 Å². The smallest absolute Gasteiger partial charge is 0.191 e. The Labute approximate surface area is 119 Å². The van der Waals surface area contributed by atoms with Gasteiger partial charge in [0.25, 0.3) is 0 Å². The van der Waals surface area contributed by atoms with E-state index in [9.17, 15) is 0 Å². The van der Waals surface area contributed by atoms with Crippen molar-refractivity contribution in [3.8, 4) is 6.07 Å². The van der Waals surface area contributed by atoms with Gasteiger partial charge in [-0.2, -0.15) is 5.26 Å². The molecule has 0 aliphatic carbocycles. The number of hydrogen-bond acceptors (Lipinski definition) is 6. The standard InChI is InChI=1S/C13H21N5S/c1-5-6-15-11-7-12(17-13(16-11)19-4)18(3)9-10(2)8-14/h7,10H,5-6,9H2,1-4H3,(H,15,16,17). The number of nitrogens with one attached hydrogen (secondary N) is 1. The van der Waals surface area contributed by atoms with Crippen molar-refractivity contribution in [2.24, 2.45) is 5.92 Å². The van der Waals surface area contributed by atoms with Crippen LogP contribution in [0.1, 0.15) is 20.3 Å². The largest absolute Gasteiger partial charge is 0.370 e. The summed E-state index contributed by atoms with van der Waals surface area (Å²) in [5, 5.41) is 12.9. The van der Waals surface area contributed by atoms with Gasteiger partial charge in [-0.05, 0) is 19.6 Å². The molecule has 1 rings (SSSR count). The molecule has 0 saturated carbocycles. The lowest BCUT2D eigenvalue weighted by Crippen LogP contribution is -2.24. The van der Waals surface area contributed by atoms with Crippen molar-refractivity contribution in [3.05, 3.63) is 6.07 Å².